The van der Waals surface area contributed by atoms with Crippen molar-refractivity contribution in [2.45, 2.75) is 39.3 Å². The molecule has 1 saturated heterocycles. The van der Waals surface area contributed by atoms with Gasteiger partial charge in [-0.3, -0.25) is 28.4 Å². The molecule has 0 atom stereocenters. The normalized spacial score (nSPS) is 15.3. The topological polar surface area (TPSA) is 110 Å². The lowest BCUT2D eigenvalue weighted by molar-refractivity contribution is -0.122. The van der Waals surface area contributed by atoms with E-state index in [0.29, 0.717) is 12.1 Å². The number of benzene rings is 1. The van der Waals surface area contributed by atoms with Crippen LogP contribution in [-0.2, 0) is 17.9 Å². The maximum atomic E-state index is 13.1. The molecule has 1 N–H and O–H groups in total. The minimum absolute atomic E-state index is 0.00903. The molecular weight excluding hydrogens is 485 g/mol. The molecular formula is C22H21ClFN5O4S. The number of unbranched alkanes of at least 4 members (excludes halogenated alkanes) is 1. The first kappa shape index (κ1) is 24.0. The van der Waals surface area contributed by atoms with Crippen LogP contribution in [0, 0.1) is 5.82 Å². The van der Waals surface area contributed by atoms with Crippen LogP contribution < -0.4 is 11.2 Å². The molecule has 3 aromatic rings. The quantitative estimate of drug-likeness (QED) is 0.370. The van der Waals surface area contributed by atoms with Crippen molar-refractivity contribution in [1.29, 1.82) is 0 Å². The van der Waals surface area contributed by atoms with Crippen LogP contribution in [0.3, 0.4) is 0 Å². The SMILES string of the molecule is CCCCn1c(=O)n(CCCN2C(=O)S/C(=C\c3ccc(F)cc3)C2=O)c(=O)c2[nH]c(Cl)nc21. The molecule has 12 heteroatoms. The van der Waals surface area contributed by atoms with Crippen molar-refractivity contribution in [1.82, 2.24) is 24.0 Å². The van der Waals surface area contributed by atoms with Gasteiger partial charge in [-0.1, -0.05) is 25.5 Å². The van der Waals surface area contributed by atoms with Crippen LogP contribution in [0.15, 0.2) is 38.8 Å². The second-order valence-corrected chi connectivity index (χ2v) is 9.06. The van der Waals surface area contributed by atoms with Crippen molar-refractivity contribution in [2.75, 3.05) is 6.54 Å². The number of hydrogen-bond acceptors (Lipinski definition) is 6. The van der Waals surface area contributed by atoms with Crippen LogP contribution in [-0.4, -0.2) is 41.7 Å². The number of halogens is 2. The predicted molar refractivity (Wildman–Crippen MR) is 128 cm³/mol. The van der Waals surface area contributed by atoms with Gasteiger partial charge in [0.15, 0.2) is 11.2 Å². The van der Waals surface area contributed by atoms with Crippen molar-refractivity contribution in [3.8, 4) is 0 Å². The number of imide groups is 1. The first-order valence-corrected chi connectivity index (χ1v) is 11.9. The number of hydrogen-bond donors (Lipinski definition) is 1. The summed E-state index contributed by atoms with van der Waals surface area (Å²) >= 11 is 6.72. The molecule has 1 fully saturated rings. The van der Waals surface area contributed by atoms with Gasteiger partial charge in [0.05, 0.1) is 4.91 Å². The first-order chi connectivity index (χ1) is 16.3. The summed E-state index contributed by atoms with van der Waals surface area (Å²) in [7, 11) is 0. The molecule has 1 aliphatic heterocycles. The summed E-state index contributed by atoms with van der Waals surface area (Å²) in [6.45, 7) is 2.41. The molecule has 0 spiro atoms. The molecule has 2 aromatic heterocycles. The van der Waals surface area contributed by atoms with E-state index < -0.39 is 28.2 Å². The minimum Gasteiger partial charge on any atom is -0.323 e. The number of amides is 2. The molecule has 2 amide bonds. The van der Waals surface area contributed by atoms with Crippen LogP contribution >= 0.6 is 23.4 Å². The molecule has 0 radical (unpaired) electrons. The third-order valence-corrected chi connectivity index (χ3v) is 6.46. The fraction of sp³-hybridized carbons (Fsp3) is 0.318. The lowest BCUT2D eigenvalue weighted by Crippen LogP contribution is -2.41. The van der Waals surface area contributed by atoms with Gasteiger partial charge >= 0.3 is 5.69 Å². The highest BCUT2D eigenvalue weighted by Gasteiger charge is 2.34. The fourth-order valence-electron chi connectivity index (χ4n) is 3.64. The number of fused-ring (bicyclic) bond motifs is 1. The van der Waals surface area contributed by atoms with Crippen molar-refractivity contribution in [3.63, 3.8) is 0 Å². The highest BCUT2D eigenvalue weighted by Crippen LogP contribution is 2.32. The standard InChI is InChI=1S/C22H21ClFN5O4S/c1-2-3-9-27-17-16(25-20(23)26-17)19(31)28(21(27)32)10-4-11-29-18(30)15(34-22(29)33)12-13-5-7-14(24)8-6-13/h5-8,12H,2-4,9-11H2,1H3,(H,25,26)/b15-12-. The summed E-state index contributed by atoms with van der Waals surface area (Å²) in [5.74, 6) is -0.868. The third kappa shape index (κ3) is 4.71. The van der Waals surface area contributed by atoms with Gasteiger partial charge in [0.2, 0.25) is 5.28 Å². The summed E-state index contributed by atoms with van der Waals surface area (Å²) in [6, 6.07) is 5.56. The Labute approximate surface area is 202 Å². The van der Waals surface area contributed by atoms with Crippen LogP contribution in [0.25, 0.3) is 17.2 Å². The number of rotatable bonds is 8. The number of imidazole rings is 1. The molecule has 1 aliphatic rings. The maximum Gasteiger partial charge on any atom is 0.332 e. The number of H-pyrrole nitrogens is 1. The molecule has 4 rings (SSSR count). The van der Waals surface area contributed by atoms with Crippen molar-refractivity contribution >= 4 is 51.7 Å². The minimum atomic E-state index is -0.558. The van der Waals surface area contributed by atoms with Gasteiger partial charge in [-0.25, -0.2) is 9.18 Å². The Morgan fingerprint density at radius 1 is 1.06 bits per heavy atom. The monoisotopic (exact) mass is 505 g/mol. The van der Waals surface area contributed by atoms with Gasteiger partial charge in [-0.15, -0.1) is 0 Å². The third-order valence-electron chi connectivity index (χ3n) is 5.37. The van der Waals surface area contributed by atoms with Gasteiger partial charge < -0.3 is 4.98 Å². The van der Waals surface area contributed by atoms with E-state index in [1.807, 2.05) is 6.92 Å². The zero-order valence-corrected chi connectivity index (χ0v) is 19.8. The number of aromatic nitrogens is 4. The summed E-state index contributed by atoms with van der Waals surface area (Å²) in [6.07, 6.45) is 3.29. The first-order valence-electron chi connectivity index (χ1n) is 10.7. The number of nitrogens with one attached hydrogen (secondary N) is 1. The molecule has 178 valence electrons. The molecule has 0 bridgehead atoms. The maximum absolute atomic E-state index is 13.1. The summed E-state index contributed by atoms with van der Waals surface area (Å²) < 4.78 is 15.6. The molecule has 9 nitrogen and oxygen atoms in total. The van der Waals surface area contributed by atoms with E-state index in [1.165, 1.54) is 34.9 Å². The summed E-state index contributed by atoms with van der Waals surface area (Å²) in [5.41, 5.74) is -0.134. The Morgan fingerprint density at radius 2 is 1.76 bits per heavy atom. The Bertz CT molecular complexity index is 1410. The lowest BCUT2D eigenvalue weighted by Gasteiger charge is -2.14. The smallest absolute Gasteiger partial charge is 0.323 e. The Balaban J connectivity index is 1.52. The Morgan fingerprint density at radius 3 is 2.47 bits per heavy atom. The Hall–Kier alpha value is -3.18. The second kappa shape index (κ2) is 9.98. The highest BCUT2D eigenvalue weighted by molar-refractivity contribution is 8.18. The fourth-order valence-corrected chi connectivity index (χ4v) is 4.68. The summed E-state index contributed by atoms with van der Waals surface area (Å²) in [5, 5.41) is -0.429. The number of carbonyl (C=O) groups excluding carboxylic acids is 2. The van der Waals surface area contributed by atoms with E-state index in [0.717, 1.165) is 34.1 Å². The van der Waals surface area contributed by atoms with E-state index in [9.17, 15) is 23.6 Å². The lowest BCUT2D eigenvalue weighted by atomic mass is 10.2. The van der Waals surface area contributed by atoms with Gasteiger partial charge in [0.25, 0.3) is 16.7 Å². The van der Waals surface area contributed by atoms with E-state index in [-0.39, 0.29) is 40.9 Å². The van der Waals surface area contributed by atoms with Crippen molar-refractivity contribution in [3.05, 3.63) is 66.7 Å². The zero-order chi connectivity index (χ0) is 24.4. The molecule has 0 saturated carbocycles. The molecule has 0 unspecified atom stereocenters. The summed E-state index contributed by atoms with van der Waals surface area (Å²) in [4.78, 5) is 59.0. The second-order valence-electron chi connectivity index (χ2n) is 7.71. The number of aryl methyl sites for hydroxylation is 1. The van der Waals surface area contributed by atoms with Gasteiger partial charge in [-0.2, -0.15) is 4.98 Å². The van der Waals surface area contributed by atoms with Crippen LogP contribution in [0.4, 0.5) is 9.18 Å². The van der Waals surface area contributed by atoms with E-state index >= 15 is 0 Å². The van der Waals surface area contributed by atoms with Crippen LogP contribution in [0.1, 0.15) is 31.7 Å². The number of aromatic amines is 1. The van der Waals surface area contributed by atoms with Crippen molar-refractivity contribution < 1.29 is 14.0 Å². The van der Waals surface area contributed by atoms with E-state index in [2.05, 4.69) is 9.97 Å². The van der Waals surface area contributed by atoms with Gasteiger partial charge in [0.1, 0.15) is 5.82 Å². The molecule has 34 heavy (non-hydrogen) atoms. The number of nitrogens with zero attached hydrogens (tertiary/aromatic N) is 4. The van der Waals surface area contributed by atoms with Crippen LogP contribution in [0.5, 0.6) is 0 Å². The van der Waals surface area contributed by atoms with Crippen LogP contribution in [0.2, 0.25) is 5.28 Å². The largest absolute Gasteiger partial charge is 0.332 e. The molecule has 0 aliphatic carbocycles. The van der Waals surface area contributed by atoms with E-state index in [4.69, 9.17) is 11.6 Å². The van der Waals surface area contributed by atoms with Gasteiger partial charge in [0, 0.05) is 19.6 Å². The molecule has 3 heterocycles. The average molecular weight is 506 g/mol. The van der Waals surface area contributed by atoms with E-state index in [1.54, 1.807) is 0 Å². The number of carbonyl (C=O) groups is 2. The van der Waals surface area contributed by atoms with Crippen molar-refractivity contribution in [2.24, 2.45) is 0 Å². The highest BCUT2D eigenvalue weighted by atomic mass is 35.5. The Kier molecular flexibility index (Phi) is 7.03. The predicted octanol–water partition coefficient (Wildman–Crippen LogP) is 3.61. The zero-order valence-electron chi connectivity index (χ0n) is 18.2. The van der Waals surface area contributed by atoms with Gasteiger partial charge in [-0.05, 0) is 60.0 Å². The number of thioether (sulfide) groups is 1. The average Bonchev–Trinajstić information content (AvgIpc) is 3.32. The molecule has 1 aromatic carbocycles.